The molecule has 0 saturated carbocycles. The smallest absolute Gasteiger partial charge is 0.273 e. The van der Waals surface area contributed by atoms with E-state index in [1.54, 1.807) is 0 Å². The first kappa shape index (κ1) is 13.2. The lowest BCUT2D eigenvalue weighted by molar-refractivity contribution is 0.0945. The summed E-state index contributed by atoms with van der Waals surface area (Å²) >= 11 is 0. The highest BCUT2D eigenvalue weighted by atomic mass is 19.1. The van der Waals surface area contributed by atoms with E-state index in [0.717, 1.165) is 0 Å². The van der Waals surface area contributed by atoms with Gasteiger partial charge in [-0.15, -0.1) is 0 Å². The Morgan fingerprint density at radius 2 is 2.37 bits per heavy atom. The van der Waals surface area contributed by atoms with Crippen LogP contribution in [0.1, 0.15) is 22.1 Å². The monoisotopic (exact) mass is 264 g/mol. The molecule has 0 aromatic carbocycles. The Morgan fingerprint density at radius 1 is 1.53 bits per heavy atom. The zero-order chi connectivity index (χ0) is 13.7. The number of nitrogens with zero attached hydrogens (tertiary/aromatic N) is 2. The largest absolute Gasteiger partial charge is 0.448 e. The first-order chi connectivity index (χ1) is 9.20. The number of oxazole rings is 1. The summed E-state index contributed by atoms with van der Waals surface area (Å²) in [5, 5.41) is 2.52. The second-order valence-electron chi connectivity index (χ2n) is 3.78. The predicted octanol–water partition coefficient (Wildman–Crippen LogP) is 0.640. The van der Waals surface area contributed by atoms with Crippen molar-refractivity contribution in [2.24, 2.45) is 5.73 Å². The van der Waals surface area contributed by atoms with Crippen LogP contribution in [0.25, 0.3) is 0 Å². The average molecular weight is 264 g/mol. The summed E-state index contributed by atoms with van der Waals surface area (Å²) in [7, 11) is 0. The minimum atomic E-state index is -0.466. The van der Waals surface area contributed by atoms with Gasteiger partial charge in [0.1, 0.15) is 12.1 Å². The van der Waals surface area contributed by atoms with Crippen LogP contribution in [0.2, 0.25) is 0 Å². The van der Waals surface area contributed by atoms with E-state index in [1.807, 2.05) is 0 Å². The lowest BCUT2D eigenvalue weighted by Crippen LogP contribution is -2.24. The molecule has 2 rings (SSSR count). The number of aromatic nitrogens is 2. The van der Waals surface area contributed by atoms with Crippen LogP contribution in [-0.2, 0) is 13.0 Å². The third-order valence-corrected chi connectivity index (χ3v) is 2.39. The zero-order valence-corrected chi connectivity index (χ0v) is 10.1. The average Bonchev–Trinajstić information content (AvgIpc) is 2.87. The molecule has 0 unspecified atom stereocenters. The number of hydrogen-bond acceptors (Lipinski definition) is 5. The molecule has 0 spiro atoms. The van der Waals surface area contributed by atoms with E-state index in [9.17, 15) is 9.18 Å². The highest BCUT2D eigenvalue weighted by Gasteiger charge is 2.12. The Hall–Kier alpha value is -2.28. The zero-order valence-electron chi connectivity index (χ0n) is 10.1. The number of pyridine rings is 1. The summed E-state index contributed by atoms with van der Waals surface area (Å²) in [5.74, 6) is -0.513. The Labute approximate surface area is 108 Å². The molecule has 6 nitrogen and oxygen atoms in total. The van der Waals surface area contributed by atoms with Crippen molar-refractivity contribution in [3.8, 4) is 0 Å². The van der Waals surface area contributed by atoms with E-state index < -0.39 is 11.7 Å². The number of halogens is 1. The third-order valence-electron chi connectivity index (χ3n) is 2.39. The van der Waals surface area contributed by atoms with Gasteiger partial charge >= 0.3 is 0 Å². The fourth-order valence-electron chi connectivity index (χ4n) is 1.46. The highest BCUT2D eigenvalue weighted by molar-refractivity contribution is 5.91. The van der Waals surface area contributed by atoms with Crippen molar-refractivity contribution in [3.05, 3.63) is 47.7 Å². The second kappa shape index (κ2) is 6.05. The molecule has 2 aromatic heterocycles. The van der Waals surface area contributed by atoms with Gasteiger partial charge in [-0.1, -0.05) is 0 Å². The molecular formula is C12H13FN4O2. The Bertz CT molecular complexity index is 570. The SMILES string of the molecule is NCCc1nc(C(=O)NCc2ncccc2F)co1. The van der Waals surface area contributed by atoms with Crippen molar-refractivity contribution < 1.29 is 13.6 Å². The predicted molar refractivity (Wildman–Crippen MR) is 64.6 cm³/mol. The minimum Gasteiger partial charge on any atom is -0.448 e. The summed E-state index contributed by atoms with van der Waals surface area (Å²) in [6, 6.07) is 2.77. The van der Waals surface area contributed by atoms with Crippen LogP contribution in [0.15, 0.2) is 29.0 Å². The third kappa shape index (κ3) is 3.35. The molecule has 0 fully saturated rings. The van der Waals surface area contributed by atoms with Crippen molar-refractivity contribution in [1.82, 2.24) is 15.3 Å². The number of amides is 1. The number of carbonyl (C=O) groups excluding carboxylic acids is 1. The van der Waals surface area contributed by atoms with Gasteiger partial charge in [-0.25, -0.2) is 9.37 Å². The Morgan fingerprint density at radius 3 is 3.11 bits per heavy atom. The van der Waals surface area contributed by atoms with E-state index in [1.165, 1.54) is 24.6 Å². The molecule has 2 aromatic rings. The van der Waals surface area contributed by atoms with Crippen LogP contribution in [0.4, 0.5) is 4.39 Å². The van der Waals surface area contributed by atoms with E-state index >= 15 is 0 Å². The summed E-state index contributed by atoms with van der Waals surface area (Å²) in [6.45, 7) is 0.380. The number of nitrogens with two attached hydrogens (primary N) is 1. The van der Waals surface area contributed by atoms with E-state index in [2.05, 4.69) is 15.3 Å². The standard InChI is InChI=1S/C12H13FN4O2/c13-8-2-1-5-15-9(8)6-16-12(18)10-7-19-11(17-10)3-4-14/h1-2,5,7H,3-4,6,14H2,(H,16,18). The Balaban J connectivity index is 1.95. The van der Waals surface area contributed by atoms with Gasteiger partial charge in [-0.2, -0.15) is 0 Å². The lowest BCUT2D eigenvalue weighted by Gasteiger charge is -2.02. The van der Waals surface area contributed by atoms with Crippen LogP contribution in [-0.4, -0.2) is 22.4 Å². The topological polar surface area (TPSA) is 94.0 Å². The second-order valence-corrected chi connectivity index (χ2v) is 3.78. The van der Waals surface area contributed by atoms with Crippen molar-refractivity contribution >= 4 is 5.91 Å². The first-order valence-corrected chi connectivity index (χ1v) is 5.72. The summed E-state index contributed by atoms with van der Waals surface area (Å²) < 4.78 is 18.3. The van der Waals surface area contributed by atoms with E-state index in [-0.39, 0.29) is 17.9 Å². The molecule has 0 atom stereocenters. The van der Waals surface area contributed by atoms with Crippen molar-refractivity contribution in [3.63, 3.8) is 0 Å². The number of rotatable bonds is 5. The normalized spacial score (nSPS) is 10.4. The van der Waals surface area contributed by atoms with Gasteiger partial charge in [0.2, 0.25) is 0 Å². The molecule has 3 N–H and O–H groups in total. The fourth-order valence-corrected chi connectivity index (χ4v) is 1.46. The highest BCUT2D eigenvalue weighted by Crippen LogP contribution is 2.04. The number of nitrogens with one attached hydrogen (secondary N) is 1. The van der Waals surface area contributed by atoms with Gasteiger partial charge in [0.15, 0.2) is 11.6 Å². The molecule has 100 valence electrons. The number of carbonyl (C=O) groups is 1. The van der Waals surface area contributed by atoms with Gasteiger partial charge in [0.25, 0.3) is 5.91 Å². The van der Waals surface area contributed by atoms with Gasteiger partial charge in [0, 0.05) is 19.2 Å². The molecule has 2 heterocycles. The molecular weight excluding hydrogens is 251 g/mol. The quantitative estimate of drug-likeness (QED) is 0.826. The molecule has 19 heavy (non-hydrogen) atoms. The van der Waals surface area contributed by atoms with Crippen molar-refractivity contribution in [2.45, 2.75) is 13.0 Å². The van der Waals surface area contributed by atoms with E-state index in [4.69, 9.17) is 10.2 Å². The van der Waals surface area contributed by atoms with Crippen LogP contribution in [0.5, 0.6) is 0 Å². The van der Waals surface area contributed by atoms with Crippen molar-refractivity contribution in [2.75, 3.05) is 6.54 Å². The summed E-state index contributed by atoms with van der Waals surface area (Å²) in [6.07, 6.45) is 3.16. The fraction of sp³-hybridized carbons (Fsp3) is 0.250. The molecule has 7 heteroatoms. The van der Waals surface area contributed by atoms with Gasteiger partial charge in [-0.05, 0) is 12.1 Å². The van der Waals surface area contributed by atoms with Crippen LogP contribution in [0.3, 0.4) is 0 Å². The molecule has 0 aliphatic carbocycles. The van der Waals surface area contributed by atoms with Gasteiger partial charge in [-0.3, -0.25) is 9.78 Å². The molecule has 0 aliphatic heterocycles. The maximum Gasteiger partial charge on any atom is 0.273 e. The molecule has 0 aliphatic rings. The molecule has 0 bridgehead atoms. The minimum absolute atomic E-state index is 0.00934. The van der Waals surface area contributed by atoms with E-state index in [0.29, 0.717) is 18.9 Å². The van der Waals surface area contributed by atoms with Gasteiger partial charge < -0.3 is 15.5 Å². The van der Waals surface area contributed by atoms with Gasteiger partial charge in [0.05, 0.1) is 12.2 Å². The Kier molecular flexibility index (Phi) is 4.19. The molecule has 0 saturated heterocycles. The molecule has 1 amide bonds. The summed E-state index contributed by atoms with van der Waals surface area (Å²) in [4.78, 5) is 19.5. The number of hydrogen-bond donors (Lipinski definition) is 2. The van der Waals surface area contributed by atoms with Crippen molar-refractivity contribution in [1.29, 1.82) is 0 Å². The van der Waals surface area contributed by atoms with Crippen LogP contribution < -0.4 is 11.1 Å². The first-order valence-electron chi connectivity index (χ1n) is 5.72. The van der Waals surface area contributed by atoms with Crippen LogP contribution in [0, 0.1) is 5.82 Å². The summed E-state index contributed by atoms with van der Waals surface area (Å²) in [5.41, 5.74) is 5.65. The lowest BCUT2D eigenvalue weighted by atomic mass is 10.3. The maximum absolute atomic E-state index is 13.3. The molecule has 0 radical (unpaired) electrons. The maximum atomic E-state index is 13.3. The van der Waals surface area contributed by atoms with Crippen LogP contribution >= 0.6 is 0 Å².